The third-order valence-corrected chi connectivity index (χ3v) is 4.42. The zero-order valence-corrected chi connectivity index (χ0v) is 16.9. The van der Waals surface area contributed by atoms with E-state index in [2.05, 4.69) is 93.4 Å². The van der Waals surface area contributed by atoms with Crippen LogP contribution in [0.2, 0.25) is 0 Å². The second-order valence-corrected chi connectivity index (χ2v) is 7.09. The van der Waals surface area contributed by atoms with Crippen LogP contribution in [0.3, 0.4) is 0 Å². The van der Waals surface area contributed by atoms with Crippen LogP contribution < -0.4 is 5.32 Å². The van der Waals surface area contributed by atoms with Crippen molar-refractivity contribution in [3.05, 3.63) is 71.1 Å². The van der Waals surface area contributed by atoms with Gasteiger partial charge in [0.2, 0.25) is 0 Å². The van der Waals surface area contributed by atoms with Crippen molar-refractivity contribution in [3.63, 3.8) is 0 Å². The van der Waals surface area contributed by atoms with E-state index in [-0.39, 0.29) is 0 Å². The summed E-state index contributed by atoms with van der Waals surface area (Å²) >= 11 is 0. The minimum absolute atomic E-state index is 0.904. The Labute approximate surface area is 158 Å². The number of pyridine rings is 1. The molecule has 3 nitrogen and oxygen atoms in total. The van der Waals surface area contributed by atoms with E-state index < -0.39 is 0 Å². The smallest absolute Gasteiger partial charge is 0.132 e. The Bertz CT molecular complexity index is 784. The summed E-state index contributed by atoms with van der Waals surface area (Å²) in [6, 6.07) is 10.9. The minimum atomic E-state index is 0.904. The summed E-state index contributed by atoms with van der Waals surface area (Å²) in [5.74, 6) is 0.904. The van der Waals surface area contributed by atoms with Crippen LogP contribution in [-0.2, 0) is 6.54 Å². The third-order valence-electron chi connectivity index (χ3n) is 4.42. The van der Waals surface area contributed by atoms with E-state index in [1.807, 2.05) is 12.4 Å². The summed E-state index contributed by atoms with van der Waals surface area (Å²) in [4.78, 5) is 6.79. The van der Waals surface area contributed by atoms with Crippen molar-refractivity contribution in [2.75, 3.05) is 19.4 Å². The fourth-order valence-corrected chi connectivity index (χ4v) is 2.81. The molecule has 0 fully saturated rings. The van der Waals surface area contributed by atoms with Crippen molar-refractivity contribution >= 4 is 5.82 Å². The zero-order valence-electron chi connectivity index (χ0n) is 16.9. The molecule has 26 heavy (non-hydrogen) atoms. The summed E-state index contributed by atoms with van der Waals surface area (Å²) in [5, 5.41) is 3.34. The summed E-state index contributed by atoms with van der Waals surface area (Å²) < 4.78 is 0. The first-order valence-corrected chi connectivity index (χ1v) is 9.21. The highest BCUT2D eigenvalue weighted by Crippen LogP contribution is 2.23. The van der Waals surface area contributed by atoms with Gasteiger partial charge in [0.15, 0.2) is 0 Å². The molecule has 0 aliphatic carbocycles. The maximum atomic E-state index is 4.62. The second-order valence-electron chi connectivity index (χ2n) is 7.09. The van der Waals surface area contributed by atoms with Crippen molar-refractivity contribution in [2.45, 2.75) is 40.7 Å². The number of allylic oxidation sites excluding steroid dienone is 3. The first-order valence-electron chi connectivity index (χ1n) is 9.21. The van der Waals surface area contributed by atoms with Gasteiger partial charge in [-0.3, -0.25) is 0 Å². The number of aryl methyl sites for hydroxylation is 1. The van der Waals surface area contributed by atoms with Gasteiger partial charge in [0.25, 0.3) is 0 Å². The summed E-state index contributed by atoms with van der Waals surface area (Å²) in [6.45, 7) is 9.46. The molecule has 0 spiro atoms. The first kappa shape index (κ1) is 19.9. The monoisotopic (exact) mass is 349 g/mol. The molecule has 3 heteroatoms. The van der Waals surface area contributed by atoms with Gasteiger partial charge >= 0.3 is 0 Å². The van der Waals surface area contributed by atoms with Gasteiger partial charge in [0.1, 0.15) is 5.82 Å². The predicted octanol–water partition coefficient (Wildman–Crippen LogP) is 5.79. The summed E-state index contributed by atoms with van der Waals surface area (Å²) in [6.07, 6.45) is 7.26. The van der Waals surface area contributed by atoms with Crippen LogP contribution in [0.25, 0.3) is 11.1 Å². The molecule has 0 aliphatic heterocycles. The SMILES string of the molecule is CC/C=C(C)/C(C)=C/Nc1ncc(-c2ccc(CN(C)C)cc2)cc1C. The maximum absolute atomic E-state index is 4.62. The Hall–Kier alpha value is -2.39. The minimum Gasteiger partial charge on any atom is -0.346 e. The van der Waals surface area contributed by atoms with Gasteiger partial charge in [-0.25, -0.2) is 4.98 Å². The Balaban J connectivity index is 2.14. The fraction of sp³-hybridized carbons (Fsp3) is 0.348. The molecule has 1 heterocycles. The van der Waals surface area contributed by atoms with Gasteiger partial charge in [-0.15, -0.1) is 0 Å². The number of aromatic nitrogens is 1. The van der Waals surface area contributed by atoms with Gasteiger partial charge in [-0.1, -0.05) is 42.8 Å². The number of rotatable bonds is 7. The molecule has 0 saturated carbocycles. The molecule has 2 aromatic rings. The Kier molecular flexibility index (Phi) is 7.16. The molecular weight excluding hydrogens is 318 g/mol. The molecule has 2 rings (SSSR count). The molecule has 0 aliphatic rings. The molecule has 0 amide bonds. The summed E-state index contributed by atoms with van der Waals surface area (Å²) in [5.41, 5.74) is 7.33. The lowest BCUT2D eigenvalue weighted by Crippen LogP contribution is -2.10. The number of nitrogens with zero attached hydrogens (tertiary/aromatic N) is 2. The van der Waals surface area contributed by atoms with Gasteiger partial charge in [0, 0.05) is 24.5 Å². The van der Waals surface area contributed by atoms with Crippen LogP contribution in [0.1, 0.15) is 38.3 Å². The second kappa shape index (κ2) is 9.35. The lowest BCUT2D eigenvalue weighted by molar-refractivity contribution is 0.402. The fourth-order valence-electron chi connectivity index (χ4n) is 2.81. The average Bonchev–Trinajstić information content (AvgIpc) is 2.60. The Morgan fingerprint density at radius 3 is 2.35 bits per heavy atom. The van der Waals surface area contributed by atoms with Crippen molar-refractivity contribution in [3.8, 4) is 11.1 Å². The van der Waals surface area contributed by atoms with Crippen molar-refractivity contribution in [2.24, 2.45) is 0 Å². The first-order chi connectivity index (χ1) is 12.4. The molecule has 1 aromatic heterocycles. The van der Waals surface area contributed by atoms with Crippen molar-refractivity contribution in [1.82, 2.24) is 9.88 Å². The van der Waals surface area contributed by atoms with Crippen LogP contribution in [0.5, 0.6) is 0 Å². The Morgan fingerprint density at radius 2 is 1.77 bits per heavy atom. The molecule has 0 bridgehead atoms. The van der Waals surface area contributed by atoms with Crippen LogP contribution in [-0.4, -0.2) is 24.0 Å². The molecule has 138 valence electrons. The van der Waals surface area contributed by atoms with Gasteiger partial charge in [-0.2, -0.15) is 0 Å². The lowest BCUT2D eigenvalue weighted by atomic mass is 10.0. The highest BCUT2D eigenvalue weighted by atomic mass is 15.0. The third kappa shape index (κ3) is 5.57. The highest BCUT2D eigenvalue weighted by molar-refractivity contribution is 5.66. The molecule has 1 N–H and O–H groups in total. The molecule has 0 saturated heterocycles. The van der Waals surface area contributed by atoms with Crippen molar-refractivity contribution < 1.29 is 0 Å². The number of anilines is 1. The van der Waals surface area contributed by atoms with Gasteiger partial charge in [-0.05, 0) is 69.6 Å². The summed E-state index contributed by atoms with van der Waals surface area (Å²) in [7, 11) is 4.17. The van der Waals surface area contributed by atoms with Gasteiger partial charge in [0.05, 0.1) is 0 Å². The van der Waals surface area contributed by atoms with E-state index in [1.165, 1.54) is 22.3 Å². The lowest BCUT2D eigenvalue weighted by Gasteiger charge is -2.11. The maximum Gasteiger partial charge on any atom is 0.132 e. The highest BCUT2D eigenvalue weighted by Gasteiger charge is 2.04. The van der Waals surface area contributed by atoms with Crippen molar-refractivity contribution in [1.29, 1.82) is 0 Å². The molecule has 0 atom stereocenters. The van der Waals surface area contributed by atoms with E-state index in [4.69, 9.17) is 0 Å². The van der Waals surface area contributed by atoms with E-state index >= 15 is 0 Å². The molecule has 0 unspecified atom stereocenters. The van der Waals surface area contributed by atoms with Crippen LogP contribution >= 0.6 is 0 Å². The van der Waals surface area contributed by atoms with Gasteiger partial charge < -0.3 is 10.2 Å². The predicted molar refractivity (Wildman–Crippen MR) is 113 cm³/mol. The average molecular weight is 350 g/mol. The quantitative estimate of drug-likeness (QED) is 0.641. The molecule has 0 radical (unpaired) electrons. The zero-order chi connectivity index (χ0) is 19.1. The van der Waals surface area contributed by atoms with Crippen LogP contribution in [0.15, 0.2) is 60.0 Å². The Morgan fingerprint density at radius 1 is 1.08 bits per heavy atom. The molecule has 1 aromatic carbocycles. The van der Waals surface area contributed by atoms with E-state index in [0.29, 0.717) is 0 Å². The number of hydrogen-bond acceptors (Lipinski definition) is 3. The normalized spacial score (nSPS) is 12.6. The molecular formula is C23H31N3. The topological polar surface area (TPSA) is 28.2 Å². The number of benzene rings is 1. The number of nitrogens with one attached hydrogen (secondary N) is 1. The largest absolute Gasteiger partial charge is 0.346 e. The van der Waals surface area contributed by atoms with Crippen LogP contribution in [0, 0.1) is 6.92 Å². The number of hydrogen-bond donors (Lipinski definition) is 1. The van der Waals surface area contributed by atoms with E-state index in [1.54, 1.807) is 0 Å². The van der Waals surface area contributed by atoms with E-state index in [0.717, 1.165) is 29.9 Å². The van der Waals surface area contributed by atoms with E-state index in [9.17, 15) is 0 Å². The standard InChI is InChI=1S/C23H31N3/c1-7-8-17(2)19(4)14-24-23-18(3)13-22(15-25-23)21-11-9-20(10-12-21)16-26(5)6/h8-15H,7,16H2,1-6H3,(H,24,25)/b17-8+,19-14+. The van der Waals surface area contributed by atoms with Crippen LogP contribution in [0.4, 0.5) is 5.82 Å².